The van der Waals surface area contributed by atoms with Gasteiger partial charge in [0.05, 0.1) is 18.8 Å². The Labute approximate surface area is 74.0 Å². The van der Waals surface area contributed by atoms with E-state index in [1.54, 1.807) is 13.2 Å². The molecule has 2 aromatic heterocycles. The Hall–Kier alpha value is -1.91. The molecule has 0 aromatic carbocycles. The average molecular weight is 177 g/mol. The molecule has 0 saturated heterocycles. The summed E-state index contributed by atoms with van der Waals surface area (Å²) in [6, 6.07) is 1.68. The Morgan fingerprint density at radius 3 is 2.92 bits per heavy atom. The van der Waals surface area contributed by atoms with Crippen molar-refractivity contribution in [3.05, 3.63) is 18.6 Å². The van der Waals surface area contributed by atoms with Crippen LogP contribution >= 0.6 is 0 Å². The summed E-state index contributed by atoms with van der Waals surface area (Å²) in [6.45, 7) is 0. The molecular formula is C8H7N3O2. The van der Waals surface area contributed by atoms with Crippen LogP contribution in [-0.4, -0.2) is 27.2 Å². The number of hydrogen-bond donors (Lipinski definition) is 1. The van der Waals surface area contributed by atoms with E-state index in [-0.39, 0.29) is 5.88 Å². The van der Waals surface area contributed by atoms with Crippen molar-refractivity contribution in [2.75, 3.05) is 7.11 Å². The number of nitrogens with zero attached hydrogens (tertiary/aromatic N) is 3. The minimum Gasteiger partial charge on any atom is -0.495 e. The van der Waals surface area contributed by atoms with E-state index >= 15 is 0 Å². The van der Waals surface area contributed by atoms with E-state index in [2.05, 4.69) is 15.0 Å². The van der Waals surface area contributed by atoms with Crippen molar-refractivity contribution in [1.29, 1.82) is 0 Å². The predicted molar refractivity (Wildman–Crippen MR) is 45.5 cm³/mol. The second kappa shape index (κ2) is 2.85. The molecule has 5 heteroatoms. The molecule has 2 rings (SSSR count). The minimum absolute atomic E-state index is 0.118. The Balaban J connectivity index is 2.72. The Bertz CT molecular complexity index is 444. The lowest BCUT2D eigenvalue weighted by Crippen LogP contribution is -1.89. The van der Waals surface area contributed by atoms with Crippen LogP contribution in [0.3, 0.4) is 0 Å². The van der Waals surface area contributed by atoms with Gasteiger partial charge in [0.2, 0.25) is 5.88 Å². The van der Waals surface area contributed by atoms with Crippen molar-refractivity contribution < 1.29 is 9.84 Å². The molecule has 0 fully saturated rings. The molecule has 0 bridgehead atoms. The number of methoxy groups -OCH3 is 1. The van der Waals surface area contributed by atoms with Crippen LogP contribution in [-0.2, 0) is 0 Å². The van der Waals surface area contributed by atoms with E-state index < -0.39 is 0 Å². The highest BCUT2D eigenvalue weighted by Gasteiger charge is 2.03. The molecule has 0 aliphatic carbocycles. The number of ether oxygens (including phenoxy) is 1. The Morgan fingerprint density at radius 2 is 2.15 bits per heavy atom. The standard InChI is InChI=1S/C8H7N3O2/c1-13-5-2-6-7(9-3-5)8(12)11-4-10-6/h2-4H,1H3,(H,10,11,12). The summed E-state index contributed by atoms with van der Waals surface area (Å²) in [6.07, 6.45) is 2.78. The zero-order valence-corrected chi connectivity index (χ0v) is 6.93. The first-order chi connectivity index (χ1) is 6.31. The highest BCUT2D eigenvalue weighted by molar-refractivity contribution is 5.79. The molecular weight excluding hydrogens is 170 g/mol. The second-order valence-corrected chi connectivity index (χ2v) is 2.44. The van der Waals surface area contributed by atoms with E-state index in [0.29, 0.717) is 16.8 Å². The number of fused-ring (bicyclic) bond motifs is 1. The van der Waals surface area contributed by atoms with Crippen molar-refractivity contribution in [3.8, 4) is 11.6 Å². The van der Waals surface area contributed by atoms with Crippen LogP contribution < -0.4 is 4.74 Å². The summed E-state index contributed by atoms with van der Waals surface area (Å²) < 4.78 is 4.96. The molecule has 0 spiro atoms. The van der Waals surface area contributed by atoms with E-state index in [1.807, 2.05) is 0 Å². The van der Waals surface area contributed by atoms with Crippen molar-refractivity contribution in [1.82, 2.24) is 15.0 Å². The largest absolute Gasteiger partial charge is 0.495 e. The van der Waals surface area contributed by atoms with Crippen molar-refractivity contribution in [2.24, 2.45) is 0 Å². The smallest absolute Gasteiger partial charge is 0.241 e. The zero-order chi connectivity index (χ0) is 9.26. The van der Waals surface area contributed by atoms with Crippen LogP contribution in [0.2, 0.25) is 0 Å². The molecule has 0 radical (unpaired) electrons. The van der Waals surface area contributed by atoms with Crippen LogP contribution in [0.4, 0.5) is 0 Å². The third-order valence-electron chi connectivity index (χ3n) is 1.67. The normalized spacial score (nSPS) is 10.2. The minimum atomic E-state index is -0.118. The van der Waals surface area contributed by atoms with Gasteiger partial charge in [-0.3, -0.25) is 0 Å². The van der Waals surface area contributed by atoms with E-state index in [1.165, 1.54) is 12.5 Å². The quantitative estimate of drug-likeness (QED) is 0.695. The van der Waals surface area contributed by atoms with Gasteiger partial charge in [0.15, 0.2) is 5.52 Å². The molecule has 2 aromatic rings. The molecule has 5 nitrogen and oxygen atoms in total. The van der Waals surface area contributed by atoms with Crippen LogP contribution in [0.5, 0.6) is 11.6 Å². The summed E-state index contributed by atoms with van der Waals surface area (Å²) in [5.41, 5.74) is 0.940. The van der Waals surface area contributed by atoms with Gasteiger partial charge in [-0.05, 0) is 0 Å². The monoisotopic (exact) mass is 177 g/mol. The molecule has 13 heavy (non-hydrogen) atoms. The molecule has 2 heterocycles. The lowest BCUT2D eigenvalue weighted by Gasteiger charge is -2.00. The number of aromatic hydroxyl groups is 1. The van der Waals surface area contributed by atoms with Crippen LogP contribution in [0.15, 0.2) is 18.6 Å². The van der Waals surface area contributed by atoms with Crippen molar-refractivity contribution in [2.45, 2.75) is 0 Å². The van der Waals surface area contributed by atoms with Gasteiger partial charge in [-0.2, -0.15) is 0 Å². The first-order valence-electron chi connectivity index (χ1n) is 3.65. The maximum absolute atomic E-state index is 9.28. The highest BCUT2D eigenvalue weighted by atomic mass is 16.5. The third-order valence-corrected chi connectivity index (χ3v) is 1.67. The summed E-state index contributed by atoms with van der Waals surface area (Å²) in [5.74, 6) is 0.484. The van der Waals surface area contributed by atoms with E-state index in [4.69, 9.17) is 4.74 Å². The number of rotatable bonds is 1. The van der Waals surface area contributed by atoms with Gasteiger partial charge >= 0.3 is 0 Å². The summed E-state index contributed by atoms with van der Waals surface area (Å²) in [7, 11) is 1.55. The molecule has 0 unspecified atom stereocenters. The summed E-state index contributed by atoms with van der Waals surface area (Å²) >= 11 is 0. The third kappa shape index (κ3) is 1.24. The molecule has 0 saturated carbocycles. The van der Waals surface area contributed by atoms with Crippen LogP contribution in [0.1, 0.15) is 0 Å². The Morgan fingerprint density at radius 1 is 1.31 bits per heavy atom. The highest BCUT2D eigenvalue weighted by Crippen LogP contribution is 2.20. The molecule has 66 valence electrons. The number of hydrogen-bond acceptors (Lipinski definition) is 5. The van der Waals surface area contributed by atoms with E-state index in [9.17, 15) is 5.11 Å². The molecule has 0 atom stereocenters. The second-order valence-electron chi connectivity index (χ2n) is 2.44. The maximum Gasteiger partial charge on any atom is 0.241 e. The van der Waals surface area contributed by atoms with Crippen molar-refractivity contribution in [3.63, 3.8) is 0 Å². The summed E-state index contributed by atoms with van der Waals surface area (Å²) in [5, 5.41) is 9.28. The van der Waals surface area contributed by atoms with Gasteiger partial charge in [0, 0.05) is 6.07 Å². The summed E-state index contributed by atoms with van der Waals surface area (Å²) in [4.78, 5) is 11.5. The van der Waals surface area contributed by atoms with Gasteiger partial charge in [-0.15, -0.1) is 0 Å². The van der Waals surface area contributed by atoms with Gasteiger partial charge in [-0.1, -0.05) is 0 Å². The fourth-order valence-electron chi connectivity index (χ4n) is 1.02. The first-order valence-corrected chi connectivity index (χ1v) is 3.65. The average Bonchev–Trinajstić information content (AvgIpc) is 2.18. The van der Waals surface area contributed by atoms with Gasteiger partial charge in [0.25, 0.3) is 0 Å². The zero-order valence-electron chi connectivity index (χ0n) is 6.93. The number of pyridine rings is 1. The Kier molecular flexibility index (Phi) is 1.70. The SMILES string of the molecule is COc1cnc2c(O)ncnc2c1. The molecule has 0 amide bonds. The van der Waals surface area contributed by atoms with Crippen molar-refractivity contribution >= 4 is 11.0 Å². The fraction of sp³-hybridized carbons (Fsp3) is 0.125. The predicted octanol–water partition coefficient (Wildman–Crippen LogP) is 0.739. The van der Waals surface area contributed by atoms with Gasteiger partial charge < -0.3 is 9.84 Å². The number of aromatic nitrogens is 3. The molecule has 1 N–H and O–H groups in total. The van der Waals surface area contributed by atoms with E-state index in [0.717, 1.165) is 0 Å². The lowest BCUT2D eigenvalue weighted by molar-refractivity contribution is 0.413. The molecule has 0 aliphatic rings. The van der Waals surface area contributed by atoms with Crippen LogP contribution in [0.25, 0.3) is 11.0 Å². The fourth-order valence-corrected chi connectivity index (χ4v) is 1.02. The lowest BCUT2D eigenvalue weighted by atomic mass is 10.3. The first kappa shape index (κ1) is 7.72. The van der Waals surface area contributed by atoms with Gasteiger partial charge in [0.1, 0.15) is 12.1 Å². The van der Waals surface area contributed by atoms with Gasteiger partial charge in [-0.25, -0.2) is 15.0 Å². The van der Waals surface area contributed by atoms with Crippen LogP contribution in [0, 0.1) is 0 Å². The molecule has 0 aliphatic heterocycles. The maximum atomic E-state index is 9.28. The topological polar surface area (TPSA) is 68.1 Å².